The number of nitrogens with two attached hydrogens (primary N) is 1. The molecule has 1 aliphatic carbocycles. The third-order valence-corrected chi connectivity index (χ3v) is 7.02. The summed E-state index contributed by atoms with van der Waals surface area (Å²) >= 11 is 0. The van der Waals surface area contributed by atoms with Gasteiger partial charge in [-0.2, -0.15) is 0 Å². The van der Waals surface area contributed by atoms with Gasteiger partial charge in [0.1, 0.15) is 5.84 Å². The van der Waals surface area contributed by atoms with Gasteiger partial charge in [0.15, 0.2) is 0 Å². The highest BCUT2D eigenvalue weighted by molar-refractivity contribution is 5.95. The number of aliphatic hydroxyl groups is 1. The molecule has 2 fully saturated rings. The van der Waals surface area contributed by atoms with Gasteiger partial charge in [0.2, 0.25) is 5.91 Å². The third kappa shape index (κ3) is 5.83. The van der Waals surface area contributed by atoms with E-state index in [1.165, 1.54) is 19.3 Å². The lowest BCUT2D eigenvalue weighted by Crippen LogP contribution is -2.31. The Labute approximate surface area is 200 Å². The summed E-state index contributed by atoms with van der Waals surface area (Å²) in [5, 5.41) is 21.2. The minimum atomic E-state index is -0.860. The fourth-order valence-electron chi connectivity index (χ4n) is 4.93. The lowest BCUT2D eigenvalue weighted by molar-refractivity contribution is -0.147. The average Bonchev–Trinajstić information content (AvgIpc) is 3.23. The van der Waals surface area contributed by atoms with Crippen LogP contribution in [-0.2, 0) is 14.3 Å². The van der Waals surface area contributed by atoms with Crippen molar-refractivity contribution in [1.82, 2.24) is 5.32 Å². The van der Waals surface area contributed by atoms with Crippen molar-refractivity contribution in [3.05, 3.63) is 59.7 Å². The van der Waals surface area contributed by atoms with Gasteiger partial charge in [0, 0.05) is 5.56 Å². The molecule has 1 unspecified atom stereocenters. The van der Waals surface area contributed by atoms with Crippen LogP contribution in [0.4, 0.5) is 0 Å². The van der Waals surface area contributed by atoms with E-state index in [9.17, 15) is 14.7 Å². The Balaban J connectivity index is 1.30. The van der Waals surface area contributed by atoms with Crippen molar-refractivity contribution in [3.63, 3.8) is 0 Å². The maximum atomic E-state index is 12.4. The molecule has 1 saturated carbocycles. The summed E-state index contributed by atoms with van der Waals surface area (Å²) in [5.41, 5.74) is 8.83. The van der Waals surface area contributed by atoms with E-state index in [0.29, 0.717) is 30.1 Å². The van der Waals surface area contributed by atoms with Crippen LogP contribution in [0.3, 0.4) is 0 Å². The number of hydrogen-bond donors (Lipinski definition) is 4. The highest BCUT2D eigenvalue weighted by Gasteiger charge is 2.37. The van der Waals surface area contributed by atoms with Crippen LogP contribution in [0.15, 0.2) is 48.5 Å². The summed E-state index contributed by atoms with van der Waals surface area (Å²) in [5.74, 6) is -0.543. The zero-order valence-corrected chi connectivity index (χ0v) is 19.3. The number of rotatable bonds is 8. The number of ether oxygens (including phenoxy) is 1. The summed E-state index contributed by atoms with van der Waals surface area (Å²) in [6, 6.07) is 14.5. The highest BCUT2D eigenvalue weighted by Crippen LogP contribution is 2.30. The molecule has 1 heterocycles. The molecule has 7 nitrogen and oxygen atoms in total. The van der Waals surface area contributed by atoms with Crippen LogP contribution < -0.4 is 11.1 Å². The summed E-state index contributed by atoms with van der Waals surface area (Å²) in [4.78, 5) is 24.7. The predicted molar refractivity (Wildman–Crippen MR) is 130 cm³/mol. The number of aliphatic hydroxyl groups excluding tert-OH is 1. The summed E-state index contributed by atoms with van der Waals surface area (Å²) in [6.45, 7) is 0.447. The van der Waals surface area contributed by atoms with E-state index in [-0.39, 0.29) is 24.1 Å². The predicted octanol–water partition coefficient (Wildman–Crippen LogP) is 3.69. The standard InChI is InChI=1S/C27H33N3O4/c28-26(29)21-12-8-19(9-13-21)18-6-10-20(11-7-18)25(32)23-14-22(27(33)30-23)15-24(31)34-16-17-4-2-1-3-5-17/h6-13,17,22-23,25,32H,1-5,14-16H2,(H3,28,29)(H,30,33)/t22-,23-,25?/m0/s1. The van der Waals surface area contributed by atoms with E-state index in [1.54, 1.807) is 12.1 Å². The van der Waals surface area contributed by atoms with Crippen molar-refractivity contribution in [2.45, 2.75) is 57.1 Å². The molecule has 0 bridgehead atoms. The highest BCUT2D eigenvalue weighted by atomic mass is 16.5. The van der Waals surface area contributed by atoms with Gasteiger partial charge >= 0.3 is 5.97 Å². The van der Waals surface area contributed by atoms with Gasteiger partial charge in [-0.15, -0.1) is 0 Å². The number of amidine groups is 1. The van der Waals surface area contributed by atoms with Gasteiger partial charge < -0.3 is 20.9 Å². The van der Waals surface area contributed by atoms with Crippen LogP contribution in [0.1, 0.15) is 62.2 Å². The van der Waals surface area contributed by atoms with E-state index in [4.69, 9.17) is 15.9 Å². The molecule has 2 aliphatic rings. The SMILES string of the molecule is N=C(N)c1ccc(-c2ccc(C(O)[C@@H]3C[C@@H](CC(=O)OCC4CCCCC4)C(=O)N3)cc2)cc1. The van der Waals surface area contributed by atoms with Crippen molar-refractivity contribution < 1.29 is 19.4 Å². The fourth-order valence-corrected chi connectivity index (χ4v) is 4.93. The quantitative estimate of drug-likeness (QED) is 0.270. The van der Waals surface area contributed by atoms with Crippen molar-refractivity contribution in [2.75, 3.05) is 6.61 Å². The number of amides is 1. The van der Waals surface area contributed by atoms with Gasteiger partial charge in [-0.05, 0) is 41.9 Å². The number of benzene rings is 2. The third-order valence-electron chi connectivity index (χ3n) is 7.02. The molecule has 0 radical (unpaired) electrons. The van der Waals surface area contributed by atoms with Gasteiger partial charge in [-0.25, -0.2) is 0 Å². The van der Waals surface area contributed by atoms with Crippen LogP contribution in [0.25, 0.3) is 11.1 Å². The molecule has 2 aromatic rings. The summed E-state index contributed by atoms with van der Waals surface area (Å²) < 4.78 is 5.45. The molecule has 1 saturated heterocycles. The van der Waals surface area contributed by atoms with Gasteiger partial charge in [0.25, 0.3) is 0 Å². The zero-order valence-electron chi connectivity index (χ0n) is 19.3. The first-order chi connectivity index (χ1) is 16.4. The Morgan fingerprint density at radius 3 is 2.29 bits per heavy atom. The second-order valence-corrected chi connectivity index (χ2v) is 9.50. The van der Waals surface area contributed by atoms with Crippen LogP contribution in [0.5, 0.6) is 0 Å². The Bertz CT molecular complexity index is 1010. The number of nitrogen functional groups attached to an aromatic ring is 1. The molecular formula is C27H33N3O4. The lowest BCUT2D eigenvalue weighted by atomic mass is 9.90. The lowest BCUT2D eigenvalue weighted by Gasteiger charge is -2.21. The maximum absolute atomic E-state index is 12.4. The van der Waals surface area contributed by atoms with Crippen molar-refractivity contribution in [2.24, 2.45) is 17.6 Å². The van der Waals surface area contributed by atoms with Crippen molar-refractivity contribution in [3.8, 4) is 11.1 Å². The van der Waals surface area contributed by atoms with Crippen molar-refractivity contribution in [1.29, 1.82) is 5.41 Å². The van der Waals surface area contributed by atoms with Gasteiger partial charge in [-0.3, -0.25) is 15.0 Å². The van der Waals surface area contributed by atoms with Crippen molar-refractivity contribution >= 4 is 17.7 Å². The average molecular weight is 464 g/mol. The number of esters is 1. The van der Waals surface area contributed by atoms with Crippen LogP contribution in [0.2, 0.25) is 0 Å². The first kappa shape index (κ1) is 24.0. The molecule has 180 valence electrons. The molecular weight excluding hydrogens is 430 g/mol. The molecule has 1 aliphatic heterocycles. The van der Waals surface area contributed by atoms with E-state index < -0.39 is 18.1 Å². The number of hydrogen-bond acceptors (Lipinski definition) is 5. The largest absolute Gasteiger partial charge is 0.465 e. The van der Waals surface area contributed by atoms with E-state index in [2.05, 4.69) is 5.32 Å². The van der Waals surface area contributed by atoms with E-state index in [1.807, 2.05) is 36.4 Å². The minimum absolute atomic E-state index is 0.0272. The molecule has 0 aromatic heterocycles. The Morgan fingerprint density at radius 2 is 1.68 bits per heavy atom. The zero-order chi connectivity index (χ0) is 24.1. The maximum Gasteiger partial charge on any atom is 0.306 e. The molecule has 5 N–H and O–H groups in total. The van der Waals surface area contributed by atoms with Gasteiger partial charge in [0.05, 0.1) is 31.1 Å². The molecule has 3 atom stereocenters. The normalized spacial score (nSPS) is 21.6. The minimum Gasteiger partial charge on any atom is -0.465 e. The second-order valence-electron chi connectivity index (χ2n) is 9.50. The molecule has 0 spiro atoms. The van der Waals surface area contributed by atoms with Gasteiger partial charge in [-0.1, -0.05) is 67.8 Å². The second kappa shape index (κ2) is 10.8. The Hall–Kier alpha value is -3.19. The fraction of sp³-hybridized carbons (Fsp3) is 0.444. The molecule has 34 heavy (non-hydrogen) atoms. The Morgan fingerprint density at radius 1 is 1.06 bits per heavy atom. The molecule has 7 heteroatoms. The van der Waals surface area contributed by atoms with Crippen LogP contribution in [0, 0.1) is 17.2 Å². The molecule has 1 amide bonds. The first-order valence-electron chi connectivity index (χ1n) is 12.1. The molecule has 4 rings (SSSR count). The topological polar surface area (TPSA) is 126 Å². The molecule has 2 aromatic carbocycles. The first-order valence-corrected chi connectivity index (χ1v) is 12.1. The van der Waals surface area contributed by atoms with E-state index in [0.717, 1.165) is 24.0 Å². The van der Waals surface area contributed by atoms with E-state index >= 15 is 0 Å². The smallest absolute Gasteiger partial charge is 0.306 e. The summed E-state index contributed by atoms with van der Waals surface area (Å²) in [7, 11) is 0. The monoisotopic (exact) mass is 463 g/mol. The summed E-state index contributed by atoms with van der Waals surface area (Å²) in [6.07, 6.45) is 5.44. The number of carbonyl (C=O) groups excluding carboxylic acids is 2. The number of carbonyl (C=O) groups is 2. The van der Waals surface area contributed by atoms with Crippen LogP contribution in [-0.4, -0.2) is 35.5 Å². The number of nitrogens with one attached hydrogen (secondary N) is 2. The Kier molecular flexibility index (Phi) is 7.63. The van der Waals surface area contributed by atoms with Crippen LogP contribution >= 0.6 is 0 Å².